The van der Waals surface area contributed by atoms with Crippen molar-refractivity contribution in [2.75, 3.05) is 6.54 Å². The molecule has 1 unspecified atom stereocenters. The molecule has 0 spiro atoms. The second-order valence-electron chi connectivity index (χ2n) is 5.13. The third kappa shape index (κ3) is 3.52. The summed E-state index contributed by atoms with van der Waals surface area (Å²) in [7, 11) is -1.88. The summed E-state index contributed by atoms with van der Waals surface area (Å²) in [6.07, 6.45) is 2.77. The van der Waals surface area contributed by atoms with Gasteiger partial charge in [-0.2, -0.15) is 5.10 Å². The lowest BCUT2D eigenvalue weighted by molar-refractivity contribution is 0.304. The van der Waals surface area contributed by atoms with Gasteiger partial charge in [0.25, 0.3) is 0 Å². The normalized spacial score (nSPS) is 14.9. The summed E-state index contributed by atoms with van der Waals surface area (Å²) < 4.78 is 28.1. The number of hydrogen-bond donors (Lipinski definition) is 2. The zero-order valence-corrected chi connectivity index (χ0v) is 11.5. The minimum atomic E-state index is -3.55. The van der Waals surface area contributed by atoms with Crippen molar-refractivity contribution in [1.29, 1.82) is 0 Å². The van der Waals surface area contributed by atoms with Crippen molar-refractivity contribution in [2.24, 2.45) is 18.2 Å². The van der Waals surface area contributed by atoms with Crippen LogP contribution in [-0.4, -0.2) is 30.8 Å². The molecule has 98 valence electrons. The van der Waals surface area contributed by atoms with Gasteiger partial charge in [-0.25, -0.2) is 13.1 Å². The third-order valence-corrected chi connectivity index (χ3v) is 4.00. The summed E-state index contributed by atoms with van der Waals surface area (Å²) >= 11 is 0. The van der Waals surface area contributed by atoms with Crippen LogP contribution in [0.1, 0.15) is 20.8 Å². The Labute approximate surface area is 102 Å². The summed E-state index contributed by atoms with van der Waals surface area (Å²) in [5, 5.41) is 3.84. The van der Waals surface area contributed by atoms with E-state index >= 15 is 0 Å². The fraction of sp³-hybridized carbons (Fsp3) is 0.700. The monoisotopic (exact) mass is 260 g/mol. The third-order valence-electron chi connectivity index (χ3n) is 2.57. The van der Waals surface area contributed by atoms with Gasteiger partial charge >= 0.3 is 0 Å². The van der Waals surface area contributed by atoms with Crippen molar-refractivity contribution in [1.82, 2.24) is 14.5 Å². The van der Waals surface area contributed by atoms with Gasteiger partial charge in [-0.05, 0) is 5.41 Å². The van der Waals surface area contributed by atoms with E-state index in [4.69, 9.17) is 5.73 Å². The number of hydrogen-bond acceptors (Lipinski definition) is 4. The quantitative estimate of drug-likeness (QED) is 0.801. The van der Waals surface area contributed by atoms with Gasteiger partial charge < -0.3 is 5.73 Å². The van der Waals surface area contributed by atoms with Gasteiger partial charge in [0.1, 0.15) is 4.90 Å². The van der Waals surface area contributed by atoms with E-state index in [9.17, 15) is 8.42 Å². The van der Waals surface area contributed by atoms with Gasteiger partial charge in [0.2, 0.25) is 10.0 Å². The van der Waals surface area contributed by atoms with E-state index in [1.54, 1.807) is 7.05 Å². The highest BCUT2D eigenvalue weighted by Gasteiger charge is 2.29. The van der Waals surface area contributed by atoms with E-state index in [1.807, 2.05) is 20.8 Å². The molecule has 1 rings (SSSR count). The molecule has 0 fully saturated rings. The summed E-state index contributed by atoms with van der Waals surface area (Å²) in [4.78, 5) is 0.155. The lowest BCUT2D eigenvalue weighted by Gasteiger charge is -2.29. The van der Waals surface area contributed by atoms with E-state index in [-0.39, 0.29) is 22.9 Å². The van der Waals surface area contributed by atoms with Crippen LogP contribution in [0.5, 0.6) is 0 Å². The number of nitrogens with zero attached hydrogens (tertiary/aromatic N) is 2. The topological polar surface area (TPSA) is 90.0 Å². The molecule has 1 heterocycles. The van der Waals surface area contributed by atoms with Crippen molar-refractivity contribution in [3.05, 3.63) is 12.4 Å². The smallest absolute Gasteiger partial charge is 0.244 e. The van der Waals surface area contributed by atoms with Crippen LogP contribution < -0.4 is 10.5 Å². The van der Waals surface area contributed by atoms with E-state index in [1.165, 1.54) is 17.1 Å². The second-order valence-corrected chi connectivity index (χ2v) is 6.84. The Balaban J connectivity index is 2.94. The standard InChI is InChI=1S/C10H20N4O2S/c1-10(2,3)9(5-11)13-17(15,16)8-6-12-14(4)7-8/h6-7,9,13H,5,11H2,1-4H3. The van der Waals surface area contributed by atoms with Gasteiger partial charge in [0.05, 0.1) is 6.20 Å². The molecule has 0 radical (unpaired) electrons. The van der Waals surface area contributed by atoms with E-state index in [0.29, 0.717) is 0 Å². The van der Waals surface area contributed by atoms with Crippen molar-refractivity contribution < 1.29 is 8.42 Å². The number of sulfonamides is 1. The van der Waals surface area contributed by atoms with Gasteiger partial charge in [-0.3, -0.25) is 4.68 Å². The number of aromatic nitrogens is 2. The molecule has 1 aromatic rings. The molecule has 0 saturated carbocycles. The zero-order valence-electron chi connectivity index (χ0n) is 10.6. The Morgan fingerprint density at radius 2 is 2.12 bits per heavy atom. The molecule has 1 aromatic heterocycles. The molecule has 17 heavy (non-hydrogen) atoms. The average Bonchev–Trinajstić information content (AvgIpc) is 2.60. The molecule has 0 aromatic carbocycles. The van der Waals surface area contributed by atoms with Crippen molar-refractivity contribution in [2.45, 2.75) is 31.7 Å². The SMILES string of the molecule is Cn1cc(S(=O)(=O)NC(CN)C(C)(C)C)cn1. The second kappa shape index (κ2) is 4.75. The molecule has 6 nitrogen and oxygen atoms in total. The first-order valence-corrected chi connectivity index (χ1v) is 6.86. The van der Waals surface area contributed by atoms with Crippen molar-refractivity contribution >= 4 is 10.0 Å². The van der Waals surface area contributed by atoms with Gasteiger partial charge in [0.15, 0.2) is 0 Å². The molecule has 0 aliphatic rings. The Morgan fingerprint density at radius 1 is 1.53 bits per heavy atom. The summed E-state index contributed by atoms with van der Waals surface area (Å²) in [5.41, 5.74) is 5.37. The summed E-state index contributed by atoms with van der Waals surface area (Å²) in [5.74, 6) is 0. The molecular weight excluding hydrogens is 240 g/mol. The number of rotatable bonds is 4. The van der Waals surface area contributed by atoms with Crippen LogP contribution in [0.2, 0.25) is 0 Å². The molecule has 1 atom stereocenters. The highest BCUT2D eigenvalue weighted by Crippen LogP contribution is 2.20. The Kier molecular flexibility index (Phi) is 3.95. The van der Waals surface area contributed by atoms with Crippen LogP contribution in [0, 0.1) is 5.41 Å². The molecular formula is C10H20N4O2S. The molecule has 0 bridgehead atoms. The zero-order chi connectivity index (χ0) is 13.3. The predicted octanol–water partition coefficient (Wildman–Crippen LogP) is 0.0718. The van der Waals surface area contributed by atoms with Crippen LogP contribution in [0.25, 0.3) is 0 Å². The fourth-order valence-corrected chi connectivity index (χ4v) is 2.81. The Bertz CT molecular complexity index is 473. The van der Waals surface area contributed by atoms with Crippen LogP contribution in [0.3, 0.4) is 0 Å². The maximum absolute atomic E-state index is 12.0. The minimum absolute atomic E-state index is 0.155. The van der Waals surface area contributed by atoms with Crippen LogP contribution >= 0.6 is 0 Å². The van der Waals surface area contributed by atoms with Gasteiger partial charge in [-0.15, -0.1) is 0 Å². The first-order valence-electron chi connectivity index (χ1n) is 5.38. The number of nitrogens with one attached hydrogen (secondary N) is 1. The van der Waals surface area contributed by atoms with Crippen LogP contribution in [-0.2, 0) is 17.1 Å². The molecule has 0 aliphatic heterocycles. The maximum atomic E-state index is 12.0. The van der Waals surface area contributed by atoms with E-state index in [2.05, 4.69) is 9.82 Å². The van der Waals surface area contributed by atoms with Gasteiger partial charge in [-0.1, -0.05) is 20.8 Å². The van der Waals surface area contributed by atoms with E-state index in [0.717, 1.165) is 0 Å². The Hall–Kier alpha value is -0.920. The molecule has 0 aliphatic carbocycles. The maximum Gasteiger partial charge on any atom is 0.244 e. The summed E-state index contributed by atoms with van der Waals surface area (Å²) in [6, 6.07) is -0.312. The lowest BCUT2D eigenvalue weighted by Crippen LogP contribution is -2.48. The summed E-state index contributed by atoms with van der Waals surface area (Å²) in [6.45, 7) is 6.08. The molecule has 0 amide bonds. The molecule has 0 saturated heterocycles. The van der Waals surface area contributed by atoms with Crippen molar-refractivity contribution in [3.8, 4) is 0 Å². The first-order chi connectivity index (χ1) is 7.66. The van der Waals surface area contributed by atoms with Gasteiger partial charge in [0, 0.05) is 25.8 Å². The predicted molar refractivity (Wildman–Crippen MR) is 65.8 cm³/mol. The largest absolute Gasteiger partial charge is 0.329 e. The number of nitrogens with two attached hydrogens (primary N) is 1. The molecule has 3 N–H and O–H groups in total. The van der Waals surface area contributed by atoms with E-state index < -0.39 is 10.0 Å². The first kappa shape index (κ1) is 14.1. The lowest BCUT2D eigenvalue weighted by atomic mass is 9.88. The number of aryl methyl sites for hydroxylation is 1. The fourth-order valence-electron chi connectivity index (χ4n) is 1.37. The van der Waals surface area contributed by atoms with Crippen LogP contribution in [0.15, 0.2) is 17.3 Å². The minimum Gasteiger partial charge on any atom is -0.329 e. The van der Waals surface area contributed by atoms with Crippen LogP contribution in [0.4, 0.5) is 0 Å². The average molecular weight is 260 g/mol. The van der Waals surface area contributed by atoms with Crippen molar-refractivity contribution in [3.63, 3.8) is 0 Å². The highest BCUT2D eigenvalue weighted by molar-refractivity contribution is 7.89. The Morgan fingerprint density at radius 3 is 2.47 bits per heavy atom. The molecule has 7 heteroatoms. The highest BCUT2D eigenvalue weighted by atomic mass is 32.2.